The molecule has 0 fully saturated rings. The Balaban J connectivity index is 3.06. The monoisotopic (exact) mass is 200 g/mol. The molecule has 0 aliphatic rings. The van der Waals surface area contributed by atoms with Crippen LogP contribution in [-0.2, 0) is 9.84 Å². The fourth-order valence-electron chi connectivity index (χ4n) is 1.34. The Morgan fingerprint density at radius 1 is 1.23 bits per heavy atom. The van der Waals surface area contributed by atoms with E-state index in [1.54, 1.807) is 17.0 Å². The molecular formula is C9H14NO2S+. The molecular weight excluding hydrogens is 186 g/mol. The molecule has 0 spiro atoms. The molecule has 0 aliphatic carbocycles. The van der Waals surface area contributed by atoms with Crippen molar-refractivity contribution < 1.29 is 13.0 Å². The molecule has 0 bridgehead atoms. The van der Waals surface area contributed by atoms with E-state index in [1.165, 1.54) is 6.26 Å². The van der Waals surface area contributed by atoms with Crippen molar-refractivity contribution in [1.29, 1.82) is 0 Å². The van der Waals surface area contributed by atoms with E-state index in [-0.39, 0.29) is 0 Å². The molecule has 72 valence electrons. The van der Waals surface area contributed by atoms with E-state index in [2.05, 4.69) is 0 Å². The van der Waals surface area contributed by atoms with Crippen LogP contribution in [0.5, 0.6) is 0 Å². The zero-order chi connectivity index (χ0) is 9.90. The minimum atomic E-state index is -3.01. The number of hydrogen-bond donors (Lipinski definition) is 0. The highest BCUT2D eigenvalue weighted by Crippen LogP contribution is 2.09. The van der Waals surface area contributed by atoms with Crippen molar-refractivity contribution in [3.63, 3.8) is 0 Å². The van der Waals surface area contributed by atoms with Gasteiger partial charge in [0.05, 0.1) is 0 Å². The molecule has 0 aromatic carbocycles. The van der Waals surface area contributed by atoms with Crippen molar-refractivity contribution >= 4 is 9.84 Å². The molecule has 1 atom stereocenters. The van der Waals surface area contributed by atoms with Gasteiger partial charge in [0.25, 0.3) is 5.37 Å². The summed E-state index contributed by atoms with van der Waals surface area (Å²) in [6.45, 7) is 1.87. The second-order valence-electron chi connectivity index (χ2n) is 3.02. The predicted molar refractivity (Wildman–Crippen MR) is 50.8 cm³/mol. The Bertz CT molecular complexity index is 358. The van der Waals surface area contributed by atoms with E-state index in [4.69, 9.17) is 0 Å². The lowest BCUT2D eigenvalue weighted by atomic mass is 10.4. The van der Waals surface area contributed by atoms with Gasteiger partial charge in [-0.25, -0.2) is 8.42 Å². The van der Waals surface area contributed by atoms with E-state index < -0.39 is 15.2 Å². The molecule has 1 aromatic rings. The summed E-state index contributed by atoms with van der Waals surface area (Å²) in [7, 11) is -3.01. The summed E-state index contributed by atoms with van der Waals surface area (Å²) in [6, 6.07) is 5.52. The number of nitrogens with zero attached hydrogens (tertiary/aromatic N) is 1. The molecule has 0 saturated heterocycles. The first kappa shape index (κ1) is 10.2. The molecule has 0 amide bonds. The van der Waals surface area contributed by atoms with Crippen LogP contribution < -0.4 is 4.57 Å². The van der Waals surface area contributed by atoms with Crippen molar-refractivity contribution in [3.05, 3.63) is 30.6 Å². The quantitative estimate of drug-likeness (QED) is 0.681. The van der Waals surface area contributed by atoms with Gasteiger partial charge in [-0.15, -0.1) is 0 Å². The van der Waals surface area contributed by atoms with Crippen LogP contribution in [0.15, 0.2) is 30.6 Å². The standard InChI is InChI=1S/C9H14NO2S/c1-3-9(13(2,11)12)10-7-5-4-6-8-10/h4-9H,3H2,1-2H3/q+1. The number of aromatic nitrogens is 1. The number of sulfone groups is 1. The van der Waals surface area contributed by atoms with Gasteiger partial charge in [-0.3, -0.25) is 0 Å². The van der Waals surface area contributed by atoms with Crippen LogP contribution in [-0.4, -0.2) is 14.7 Å². The highest BCUT2D eigenvalue weighted by atomic mass is 32.2. The summed E-state index contributed by atoms with van der Waals surface area (Å²) >= 11 is 0. The third-order valence-electron chi connectivity index (χ3n) is 1.91. The van der Waals surface area contributed by atoms with Crippen molar-refractivity contribution in [1.82, 2.24) is 0 Å². The molecule has 0 N–H and O–H groups in total. The maximum absolute atomic E-state index is 11.3. The molecule has 13 heavy (non-hydrogen) atoms. The SMILES string of the molecule is CCC([n+]1ccccc1)S(C)(=O)=O. The maximum atomic E-state index is 11.3. The average molecular weight is 200 g/mol. The lowest BCUT2D eigenvalue weighted by Gasteiger charge is -2.06. The first-order chi connectivity index (χ1) is 6.05. The molecule has 3 nitrogen and oxygen atoms in total. The summed E-state index contributed by atoms with van der Waals surface area (Å²) in [5.41, 5.74) is 0. The van der Waals surface area contributed by atoms with Gasteiger partial charge in [0.1, 0.15) is 0 Å². The minimum absolute atomic E-state index is 0.436. The van der Waals surface area contributed by atoms with Crippen molar-refractivity contribution in [3.8, 4) is 0 Å². The van der Waals surface area contributed by atoms with Crippen LogP contribution in [0.1, 0.15) is 18.7 Å². The van der Waals surface area contributed by atoms with Gasteiger partial charge in [-0.1, -0.05) is 13.0 Å². The van der Waals surface area contributed by atoms with E-state index >= 15 is 0 Å². The van der Waals surface area contributed by atoms with Gasteiger partial charge in [0.2, 0.25) is 9.84 Å². The lowest BCUT2D eigenvalue weighted by molar-refractivity contribution is -0.701. The third-order valence-corrected chi connectivity index (χ3v) is 3.48. The first-order valence-corrected chi connectivity index (χ1v) is 6.16. The normalized spacial score (nSPS) is 14.0. The summed E-state index contributed by atoms with van der Waals surface area (Å²) in [4.78, 5) is 0. The Morgan fingerprint density at radius 2 is 1.77 bits per heavy atom. The van der Waals surface area contributed by atoms with E-state index in [0.29, 0.717) is 6.42 Å². The molecule has 1 rings (SSSR count). The highest BCUT2D eigenvalue weighted by Gasteiger charge is 2.26. The van der Waals surface area contributed by atoms with Crippen LogP contribution >= 0.6 is 0 Å². The van der Waals surface area contributed by atoms with Crippen LogP contribution in [0.4, 0.5) is 0 Å². The molecule has 1 aromatic heterocycles. The third kappa shape index (κ3) is 2.52. The van der Waals surface area contributed by atoms with Gasteiger partial charge in [-0.05, 0) is 0 Å². The Morgan fingerprint density at radius 3 is 2.15 bits per heavy atom. The zero-order valence-electron chi connectivity index (χ0n) is 7.84. The summed E-state index contributed by atoms with van der Waals surface area (Å²) < 4.78 is 24.4. The second kappa shape index (κ2) is 3.87. The summed E-state index contributed by atoms with van der Waals surface area (Å²) in [6.07, 6.45) is 5.40. The Labute approximate surface area is 78.9 Å². The fourth-order valence-corrected chi connectivity index (χ4v) is 2.53. The van der Waals surface area contributed by atoms with Crippen LogP contribution in [0, 0.1) is 0 Å². The molecule has 0 radical (unpaired) electrons. The van der Waals surface area contributed by atoms with E-state index in [1.807, 2.05) is 25.1 Å². The summed E-state index contributed by atoms with van der Waals surface area (Å²) in [5, 5.41) is -0.436. The minimum Gasteiger partial charge on any atom is -0.222 e. The smallest absolute Gasteiger partial charge is 0.222 e. The van der Waals surface area contributed by atoms with Crippen molar-refractivity contribution in [2.75, 3.05) is 6.26 Å². The van der Waals surface area contributed by atoms with E-state index in [9.17, 15) is 8.42 Å². The lowest BCUT2D eigenvalue weighted by Crippen LogP contribution is -2.42. The van der Waals surface area contributed by atoms with Crippen molar-refractivity contribution in [2.45, 2.75) is 18.7 Å². The van der Waals surface area contributed by atoms with Crippen LogP contribution in [0.2, 0.25) is 0 Å². The second-order valence-corrected chi connectivity index (χ2v) is 5.22. The maximum Gasteiger partial charge on any atom is 0.256 e. The largest absolute Gasteiger partial charge is 0.256 e. The Kier molecular flexibility index (Phi) is 3.03. The predicted octanol–water partition coefficient (Wildman–Crippen LogP) is 0.927. The number of hydrogen-bond acceptors (Lipinski definition) is 2. The van der Waals surface area contributed by atoms with Crippen molar-refractivity contribution in [2.24, 2.45) is 0 Å². The van der Waals surface area contributed by atoms with Crippen LogP contribution in [0.3, 0.4) is 0 Å². The average Bonchev–Trinajstić information content (AvgIpc) is 2.05. The van der Waals surface area contributed by atoms with Gasteiger partial charge < -0.3 is 0 Å². The molecule has 4 heteroatoms. The molecule has 0 aliphatic heterocycles. The molecule has 1 unspecified atom stereocenters. The van der Waals surface area contributed by atoms with Gasteiger partial charge in [-0.2, -0.15) is 4.57 Å². The molecule has 1 heterocycles. The van der Waals surface area contributed by atoms with Gasteiger partial charge >= 0.3 is 0 Å². The zero-order valence-corrected chi connectivity index (χ0v) is 8.66. The summed E-state index contributed by atoms with van der Waals surface area (Å²) in [5.74, 6) is 0. The van der Waals surface area contributed by atoms with Gasteiger partial charge in [0, 0.05) is 24.8 Å². The number of rotatable bonds is 3. The van der Waals surface area contributed by atoms with Gasteiger partial charge in [0.15, 0.2) is 12.4 Å². The molecule has 0 saturated carbocycles. The topological polar surface area (TPSA) is 38.0 Å². The number of pyridine rings is 1. The first-order valence-electron chi connectivity index (χ1n) is 4.20. The Hall–Kier alpha value is -0.900. The van der Waals surface area contributed by atoms with E-state index in [0.717, 1.165) is 0 Å². The highest BCUT2D eigenvalue weighted by molar-refractivity contribution is 7.90. The fraction of sp³-hybridized carbons (Fsp3) is 0.444. The van der Waals surface area contributed by atoms with Crippen LogP contribution in [0.25, 0.3) is 0 Å².